The Bertz CT molecular complexity index is 1150. The molecule has 35 heavy (non-hydrogen) atoms. The summed E-state index contributed by atoms with van der Waals surface area (Å²) in [5.74, 6) is -2.22. The molecule has 1 aromatic rings. The van der Waals surface area contributed by atoms with Crippen LogP contribution < -0.4 is 4.90 Å². The molecule has 2 amide bonds. The number of nitrogens with zero attached hydrogens (tertiary/aromatic N) is 3. The van der Waals surface area contributed by atoms with Crippen molar-refractivity contribution in [1.29, 1.82) is 5.26 Å². The zero-order chi connectivity index (χ0) is 26.0. The van der Waals surface area contributed by atoms with Gasteiger partial charge in [-0.05, 0) is 36.6 Å². The van der Waals surface area contributed by atoms with Gasteiger partial charge < -0.3 is 4.90 Å². The predicted molar refractivity (Wildman–Crippen MR) is 128 cm³/mol. The van der Waals surface area contributed by atoms with E-state index in [0.717, 1.165) is 40.8 Å². The van der Waals surface area contributed by atoms with Crippen LogP contribution in [0, 0.1) is 11.3 Å². The molecule has 0 saturated heterocycles. The predicted octanol–water partition coefficient (Wildman–Crippen LogP) is 5.95. The topological polar surface area (TPSA) is 64.4 Å². The van der Waals surface area contributed by atoms with Crippen LogP contribution >= 0.6 is 0 Å². The third kappa shape index (κ3) is 4.77. The van der Waals surface area contributed by atoms with Crippen LogP contribution in [0.2, 0.25) is 0 Å². The van der Waals surface area contributed by atoms with Crippen LogP contribution in [0.15, 0.2) is 58.8 Å². The van der Waals surface area contributed by atoms with Gasteiger partial charge in [0.05, 0.1) is 11.1 Å². The molecule has 8 heteroatoms. The monoisotopic (exact) mass is 485 g/mol. The van der Waals surface area contributed by atoms with E-state index < -0.39 is 40.1 Å². The zero-order valence-electron chi connectivity index (χ0n) is 20.5. The summed E-state index contributed by atoms with van der Waals surface area (Å²) >= 11 is 0. The second-order valence-electron chi connectivity index (χ2n) is 9.25. The van der Waals surface area contributed by atoms with Crippen LogP contribution in [-0.4, -0.2) is 36.0 Å². The molecule has 2 heterocycles. The second kappa shape index (κ2) is 10.1. The molecule has 186 valence electrons. The van der Waals surface area contributed by atoms with E-state index in [2.05, 4.69) is 11.8 Å². The maximum Gasteiger partial charge on any atom is 0.418 e. The molecule has 1 aromatic carbocycles. The van der Waals surface area contributed by atoms with Gasteiger partial charge in [0, 0.05) is 29.9 Å². The summed E-state index contributed by atoms with van der Waals surface area (Å²) in [5, 5.41) is 9.45. The number of amides is 2. The van der Waals surface area contributed by atoms with E-state index in [1.165, 1.54) is 12.1 Å². The third-order valence-corrected chi connectivity index (χ3v) is 6.53. The first-order valence-corrected chi connectivity index (χ1v) is 11.9. The summed E-state index contributed by atoms with van der Waals surface area (Å²) in [6.45, 7) is 8.51. The van der Waals surface area contributed by atoms with Gasteiger partial charge in [-0.1, -0.05) is 58.7 Å². The minimum absolute atomic E-state index is 0.0437. The zero-order valence-corrected chi connectivity index (χ0v) is 20.5. The first-order valence-electron chi connectivity index (χ1n) is 11.9. The van der Waals surface area contributed by atoms with E-state index >= 15 is 0 Å². The number of para-hydroxylation sites is 1. The number of allylic oxidation sites excluding steroid dienone is 3. The molecule has 0 unspecified atom stereocenters. The average Bonchev–Trinajstić information content (AvgIpc) is 3.02. The molecule has 2 aliphatic heterocycles. The molecule has 0 saturated carbocycles. The van der Waals surface area contributed by atoms with Crippen LogP contribution in [0.4, 0.5) is 18.9 Å². The van der Waals surface area contributed by atoms with Crippen LogP contribution in [0.5, 0.6) is 0 Å². The highest BCUT2D eigenvalue weighted by molar-refractivity contribution is 6.18. The van der Waals surface area contributed by atoms with Gasteiger partial charge in [0.2, 0.25) is 0 Å². The lowest BCUT2D eigenvalue weighted by molar-refractivity contribution is -0.143. The number of alkyl halides is 3. The van der Waals surface area contributed by atoms with Gasteiger partial charge in [-0.15, -0.1) is 0 Å². The van der Waals surface area contributed by atoms with Gasteiger partial charge in [-0.3, -0.25) is 14.5 Å². The Morgan fingerprint density at radius 1 is 0.971 bits per heavy atom. The number of anilines is 1. The molecule has 2 aliphatic rings. The highest BCUT2D eigenvalue weighted by Crippen LogP contribution is 2.48. The number of hydrogen-bond donors (Lipinski definition) is 0. The van der Waals surface area contributed by atoms with Crippen LogP contribution in [-0.2, 0) is 15.0 Å². The Morgan fingerprint density at radius 2 is 1.57 bits per heavy atom. The Kier molecular flexibility index (Phi) is 7.59. The number of halogens is 3. The average molecular weight is 486 g/mol. The number of unbranched alkanes of at least 4 members (excludes halogenated alkanes) is 2. The van der Waals surface area contributed by atoms with E-state index in [0.29, 0.717) is 19.4 Å². The molecule has 5 nitrogen and oxygen atoms in total. The van der Waals surface area contributed by atoms with Crippen molar-refractivity contribution in [3.05, 3.63) is 64.4 Å². The normalized spacial score (nSPS) is 20.2. The first-order chi connectivity index (χ1) is 16.5. The Labute approximate surface area is 204 Å². The number of carbonyl (C=O) groups excluding carboxylic acids is 2. The fraction of sp³-hybridized carbons (Fsp3) is 0.444. The standard InChI is InChI=1S/C27H30F3N3O2/c1-5-7-15-32-21-12-10-9-11-20(21)26(3,4)22(32)14-13-18-23(27(28,29)30)19(17-31)25(35)33(24(18)34)16-8-6-2/h9-14H,5-8,15-16H2,1-4H3. The molecule has 0 spiro atoms. The van der Waals surface area contributed by atoms with Gasteiger partial charge >= 0.3 is 6.18 Å². The molecule has 0 atom stereocenters. The number of rotatable bonds is 7. The maximum absolute atomic E-state index is 14.1. The highest BCUT2D eigenvalue weighted by atomic mass is 19.4. The largest absolute Gasteiger partial charge is 0.418 e. The maximum atomic E-state index is 14.1. The summed E-state index contributed by atoms with van der Waals surface area (Å²) in [4.78, 5) is 28.6. The van der Waals surface area contributed by atoms with Crippen LogP contribution in [0.3, 0.4) is 0 Å². The van der Waals surface area contributed by atoms with Crippen LogP contribution in [0.1, 0.15) is 58.9 Å². The number of benzene rings is 1. The van der Waals surface area contributed by atoms with Crippen molar-refractivity contribution < 1.29 is 22.8 Å². The van der Waals surface area contributed by atoms with E-state index in [-0.39, 0.29) is 6.54 Å². The second-order valence-corrected chi connectivity index (χ2v) is 9.25. The smallest absolute Gasteiger partial charge is 0.344 e. The summed E-state index contributed by atoms with van der Waals surface area (Å²) in [6, 6.07) is 9.22. The lowest BCUT2D eigenvalue weighted by atomic mass is 9.83. The Balaban J connectivity index is 2.21. The highest BCUT2D eigenvalue weighted by Gasteiger charge is 2.48. The van der Waals surface area contributed by atoms with Gasteiger partial charge in [-0.2, -0.15) is 18.4 Å². The first kappa shape index (κ1) is 26.3. The number of carbonyl (C=O) groups is 2. The van der Waals surface area contributed by atoms with Gasteiger partial charge in [0.15, 0.2) is 0 Å². The summed E-state index contributed by atoms with van der Waals surface area (Å²) in [6.07, 6.45) is 0.520. The van der Waals surface area contributed by atoms with Crippen molar-refractivity contribution >= 4 is 17.5 Å². The molecule has 0 aromatic heterocycles. The molecule has 0 fully saturated rings. The van der Waals surface area contributed by atoms with E-state index in [1.54, 1.807) is 0 Å². The minimum atomic E-state index is -5.03. The lowest BCUT2D eigenvalue weighted by Gasteiger charge is -2.30. The minimum Gasteiger partial charge on any atom is -0.344 e. The number of fused-ring (bicyclic) bond motifs is 1. The van der Waals surface area contributed by atoms with E-state index in [4.69, 9.17) is 0 Å². The van der Waals surface area contributed by atoms with Crippen molar-refractivity contribution in [2.45, 2.75) is 65.0 Å². The summed E-state index contributed by atoms with van der Waals surface area (Å²) in [7, 11) is 0. The molecule has 3 rings (SSSR count). The molecule has 0 bridgehead atoms. The fourth-order valence-corrected chi connectivity index (χ4v) is 4.65. The SMILES string of the molecule is CCCCN1C(=O)C(=CC=C2N(CCCC)c3ccccc3C2(C)C)C(C(F)(F)F)=C(C#N)C1=O. The van der Waals surface area contributed by atoms with Crippen molar-refractivity contribution in [2.75, 3.05) is 18.0 Å². The number of nitriles is 1. The van der Waals surface area contributed by atoms with Gasteiger partial charge in [0.25, 0.3) is 11.8 Å². The summed E-state index contributed by atoms with van der Waals surface area (Å²) < 4.78 is 42.2. The molecule has 0 radical (unpaired) electrons. The Hall–Kier alpha value is -3.34. The number of imide groups is 1. The summed E-state index contributed by atoms with van der Waals surface area (Å²) in [5.41, 5.74) is -0.933. The third-order valence-electron chi connectivity index (χ3n) is 6.53. The van der Waals surface area contributed by atoms with E-state index in [9.17, 15) is 28.0 Å². The quantitative estimate of drug-likeness (QED) is 0.354. The fourth-order valence-electron chi connectivity index (χ4n) is 4.65. The van der Waals surface area contributed by atoms with E-state index in [1.807, 2.05) is 45.0 Å². The molecule has 0 aliphatic carbocycles. The number of hydrogen-bond acceptors (Lipinski definition) is 4. The molecule has 0 N–H and O–H groups in total. The van der Waals surface area contributed by atoms with Crippen molar-refractivity contribution in [3.63, 3.8) is 0 Å². The van der Waals surface area contributed by atoms with Crippen molar-refractivity contribution in [3.8, 4) is 6.07 Å². The van der Waals surface area contributed by atoms with Crippen molar-refractivity contribution in [1.82, 2.24) is 4.90 Å². The van der Waals surface area contributed by atoms with Gasteiger partial charge in [-0.25, -0.2) is 0 Å². The van der Waals surface area contributed by atoms with Crippen LogP contribution in [0.25, 0.3) is 0 Å². The van der Waals surface area contributed by atoms with Gasteiger partial charge in [0.1, 0.15) is 11.6 Å². The lowest BCUT2D eigenvalue weighted by Crippen LogP contribution is -2.45. The molecular formula is C27H30F3N3O2. The molecular weight excluding hydrogens is 455 g/mol. The Morgan fingerprint density at radius 3 is 2.14 bits per heavy atom. The van der Waals surface area contributed by atoms with Crippen molar-refractivity contribution in [2.24, 2.45) is 0 Å².